The fourth-order valence-electron chi connectivity index (χ4n) is 1.40. The highest BCUT2D eigenvalue weighted by Crippen LogP contribution is 2.33. The van der Waals surface area contributed by atoms with E-state index in [1.165, 1.54) is 0 Å². The summed E-state index contributed by atoms with van der Waals surface area (Å²) in [5.74, 6) is -1.18. The molecule has 1 N–H and O–H groups in total. The van der Waals surface area contributed by atoms with Crippen molar-refractivity contribution in [1.82, 2.24) is 4.98 Å². The average molecular weight is 319 g/mol. The number of rotatable bonds is 4. The maximum atomic E-state index is 13.0. The quantitative estimate of drug-likeness (QED) is 0.862. The van der Waals surface area contributed by atoms with E-state index in [1.54, 1.807) is 6.92 Å². The normalized spacial score (nSPS) is 10.4. The molecule has 0 amide bonds. The summed E-state index contributed by atoms with van der Waals surface area (Å²) in [6.07, 6.45) is 1.13. The lowest BCUT2D eigenvalue weighted by Crippen LogP contribution is -2.05. The summed E-state index contributed by atoms with van der Waals surface area (Å²) in [7, 11) is 0. The lowest BCUT2D eigenvalue weighted by molar-refractivity contribution is 0.0519. The molecular formula is C12H9Cl2FN2O3. The topological polar surface area (TPSA) is 64.4 Å². The summed E-state index contributed by atoms with van der Waals surface area (Å²) in [4.78, 5) is 15.3. The number of aromatic nitrogens is 1. The van der Waals surface area contributed by atoms with Gasteiger partial charge in [0, 0.05) is 0 Å². The Labute approximate surface area is 123 Å². The van der Waals surface area contributed by atoms with E-state index in [0.29, 0.717) is 0 Å². The van der Waals surface area contributed by atoms with Gasteiger partial charge in [-0.2, -0.15) is 4.98 Å². The molecule has 0 aliphatic heterocycles. The van der Waals surface area contributed by atoms with E-state index in [9.17, 15) is 9.18 Å². The van der Waals surface area contributed by atoms with Crippen molar-refractivity contribution in [3.8, 4) is 0 Å². The molecule has 0 bridgehead atoms. The van der Waals surface area contributed by atoms with Crippen LogP contribution in [0, 0.1) is 5.82 Å². The summed E-state index contributed by atoms with van der Waals surface area (Å²) in [6.45, 7) is 1.90. The van der Waals surface area contributed by atoms with E-state index in [4.69, 9.17) is 32.4 Å². The largest absolute Gasteiger partial charge is 0.461 e. The Morgan fingerprint density at radius 1 is 1.45 bits per heavy atom. The minimum absolute atomic E-state index is 0.00343. The number of anilines is 2. The Kier molecular flexibility index (Phi) is 4.46. The second-order valence-corrected chi connectivity index (χ2v) is 4.44. The predicted molar refractivity (Wildman–Crippen MR) is 72.2 cm³/mol. The van der Waals surface area contributed by atoms with Crippen LogP contribution in [0.4, 0.5) is 16.1 Å². The standard InChI is InChI=1S/C12H9Cl2FN2O3/c1-2-19-11(18)9-5-20-12(16-9)17-10-7(13)3-6(15)4-8(10)14/h3-5H,2H2,1H3,(H,16,17). The van der Waals surface area contributed by atoms with Gasteiger partial charge in [0.15, 0.2) is 5.69 Å². The predicted octanol–water partition coefficient (Wildman–Crippen LogP) is 4.04. The van der Waals surface area contributed by atoms with Crippen molar-refractivity contribution in [2.75, 3.05) is 11.9 Å². The maximum Gasteiger partial charge on any atom is 0.360 e. The molecule has 0 unspecified atom stereocenters. The first-order valence-electron chi connectivity index (χ1n) is 5.55. The number of hydrogen-bond donors (Lipinski definition) is 1. The van der Waals surface area contributed by atoms with Crippen LogP contribution in [0.15, 0.2) is 22.8 Å². The number of nitrogens with one attached hydrogen (secondary N) is 1. The van der Waals surface area contributed by atoms with Crippen LogP contribution >= 0.6 is 23.2 Å². The van der Waals surface area contributed by atoms with Gasteiger partial charge in [-0.1, -0.05) is 23.2 Å². The molecule has 0 spiro atoms. The molecule has 20 heavy (non-hydrogen) atoms. The van der Waals surface area contributed by atoms with E-state index < -0.39 is 11.8 Å². The first-order chi connectivity index (χ1) is 9.51. The molecule has 0 fully saturated rings. The van der Waals surface area contributed by atoms with Crippen LogP contribution in [0.1, 0.15) is 17.4 Å². The number of halogens is 3. The Balaban J connectivity index is 2.21. The van der Waals surface area contributed by atoms with Crippen molar-refractivity contribution < 1.29 is 18.3 Å². The summed E-state index contributed by atoms with van der Waals surface area (Å²) in [6, 6.07) is 2.17. The van der Waals surface area contributed by atoms with E-state index in [1.807, 2.05) is 0 Å². The van der Waals surface area contributed by atoms with Crippen LogP contribution < -0.4 is 5.32 Å². The minimum Gasteiger partial charge on any atom is -0.461 e. The molecule has 2 rings (SSSR count). The number of ether oxygens (including phenoxy) is 1. The number of oxazole rings is 1. The third kappa shape index (κ3) is 3.20. The Hall–Kier alpha value is -1.79. The van der Waals surface area contributed by atoms with E-state index in [2.05, 4.69) is 10.3 Å². The first-order valence-corrected chi connectivity index (χ1v) is 6.31. The van der Waals surface area contributed by atoms with Crippen molar-refractivity contribution in [3.05, 3.63) is 40.0 Å². The third-order valence-electron chi connectivity index (χ3n) is 2.23. The molecule has 0 atom stereocenters. The molecule has 8 heteroatoms. The summed E-state index contributed by atoms with van der Waals surface area (Å²) in [5, 5.41) is 2.79. The van der Waals surface area contributed by atoms with E-state index in [0.717, 1.165) is 18.4 Å². The second-order valence-electron chi connectivity index (χ2n) is 3.63. The smallest absolute Gasteiger partial charge is 0.360 e. The van der Waals surface area contributed by atoms with Gasteiger partial charge in [0.05, 0.1) is 22.3 Å². The van der Waals surface area contributed by atoms with Gasteiger partial charge < -0.3 is 14.5 Å². The summed E-state index contributed by atoms with van der Waals surface area (Å²) >= 11 is 11.7. The number of esters is 1. The summed E-state index contributed by atoms with van der Waals surface area (Å²) < 4.78 is 22.9. The monoisotopic (exact) mass is 318 g/mol. The van der Waals surface area contributed by atoms with Gasteiger partial charge in [-0.25, -0.2) is 9.18 Å². The molecule has 2 aromatic rings. The maximum absolute atomic E-state index is 13.0. The zero-order valence-corrected chi connectivity index (χ0v) is 11.8. The molecule has 106 valence electrons. The number of hydrogen-bond acceptors (Lipinski definition) is 5. The molecule has 0 aliphatic carbocycles. The van der Waals surface area contributed by atoms with Crippen LogP contribution in [-0.2, 0) is 4.74 Å². The zero-order chi connectivity index (χ0) is 14.7. The zero-order valence-electron chi connectivity index (χ0n) is 10.2. The first kappa shape index (κ1) is 14.6. The number of nitrogens with zero attached hydrogens (tertiary/aromatic N) is 1. The SMILES string of the molecule is CCOC(=O)c1coc(Nc2c(Cl)cc(F)cc2Cl)n1. The summed E-state index contributed by atoms with van der Waals surface area (Å²) in [5.41, 5.74) is 0.232. The highest BCUT2D eigenvalue weighted by atomic mass is 35.5. The Bertz CT molecular complexity index is 622. The van der Waals surface area contributed by atoms with Gasteiger partial charge in [0.25, 0.3) is 6.01 Å². The van der Waals surface area contributed by atoms with Crippen molar-refractivity contribution in [1.29, 1.82) is 0 Å². The van der Waals surface area contributed by atoms with E-state index >= 15 is 0 Å². The number of benzene rings is 1. The Morgan fingerprint density at radius 3 is 2.70 bits per heavy atom. The minimum atomic E-state index is -0.611. The molecule has 1 aromatic heterocycles. The lowest BCUT2D eigenvalue weighted by Gasteiger charge is -2.06. The van der Waals surface area contributed by atoms with Crippen molar-refractivity contribution in [2.45, 2.75) is 6.92 Å². The second kappa shape index (κ2) is 6.11. The molecular weight excluding hydrogens is 310 g/mol. The van der Waals surface area contributed by atoms with Crippen molar-refractivity contribution in [3.63, 3.8) is 0 Å². The molecule has 5 nitrogen and oxygen atoms in total. The van der Waals surface area contributed by atoms with Crippen LogP contribution in [0.5, 0.6) is 0 Å². The van der Waals surface area contributed by atoms with Crippen molar-refractivity contribution >= 4 is 40.9 Å². The van der Waals surface area contributed by atoms with Crippen LogP contribution in [-0.4, -0.2) is 17.6 Å². The fraction of sp³-hybridized carbons (Fsp3) is 0.167. The van der Waals surface area contributed by atoms with Gasteiger partial charge in [0.1, 0.15) is 12.1 Å². The van der Waals surface area contributed by atoms with Crippen molar-refractivity contribution in [2.24, 2.45) is 0 Å². The molecule has 0 saturated carbocycles. The van der Waals surface area contributed by atoms with Gasteiger partial charge in [-0.15, -0.1) is 0 Å². The van der Waals surface area contributed by atoms with Crippen LogP contribution in [0.25, 0.3) is 0 Å². The number of carbonyl (C=O) groups is 1. The highest BCUT2D eigenvalue weighted by molar-refractivity contribution is 6.39. The van der Waals surface area contributed by atoms with E-state index in [-0.39, 0.29) is 34.0 Å². The average Bonchev–Trinajstić information content (AvgIpc) is 2.82. The van der Waals surface area contributed by atoms with Crippen LogP contribution in [0.2, 0.25) is 10.0 Å². The number of carbonyl (C=O) groups excluding carboxylic acids is 1. The highest BCUT2D eigenvalue weighted by Gasteiger charge is 2.15. The van der Waals surface area contributed by atoms with Gasteiger partial charge in [-0.3, -0.25) is 0 Å². The molecule has 1 heterocycles. The lowest BCUT2D eigenvalue weighted by atomic mass is 10.3. The fourth-order valence-corrected chi connectivity index (χ4v) is 1.95. The molecule has 0 radical (unpaired) electrons. The van der Waals surface area contributed by atoms with Gasteiger partial charge in [-0.05, 0) is 19.1 Å². The molecule has 0 aliphatic rings. The third-order valence-corrected chi connectivity index (χ3v) is 2.82. The molecule has 0 saturated heterocycles. The molecule has 1 aromatic carbocycles. The van der Waals surface area contributed by atoms with Gasteiger partial charge in [0.2, 0.25) is 0 Å². The van der Waals surface area contributed by atoms with Gasteiger partial charge >= 0.3 is 5.97 Å². The van der Waals surface area contributed by atoms with Crippen LogP contribution in [0.3, 0.4) is 0 Å². The Morgan fingerprint density at radius 2 is 2.10 bits per heavy atom.